The fourth-order valence-corrected chi connectivity index (χ4v) is 1.47. The van der Waals surface area contributed by atoms with Gasteiger partial charge in [0.1, 0.15) is 12.7 Å². The Hall–Kier alpha value is -1.21. The third-order valence-electron chi connectivity index (χ3n) is 2.43. The summed E-state index contributed by atoms with van der Waals surface area (Å²) in [5.41, 5.74) is 6.05. The molecule has 3 N–H and O–H groups in total. The second-order valence-electron chi connectivity index (χ2n) is 3.96. The van der Waals surface area contributed by atoms with Crippen molar-refractivity contribution in [3.05, 3.63) is 29.6 Å². The van der Waals surface area contributed by atoms with Gasteiger partial charge in [0.15, 0.2) is 11.6 Å². The summed E-state index contributed by atoms with van der Waals surface area (Å²) in [7, 11) is 1.56. The zero-order valence-corrected chi connectivity index (χ0v) is 11.0. The lowest BCUT2D eigenvalue weighted by Crippen LogP contribution is -2.25. The van der Waals surface area contributed by atoms with Crippen LogP contribution in [0.5, 0.6) is 5.75 Å². The number of ether oxygens (including phenoxy) is 3. The van der Waals surface area contributed by atoms with Crippen LogP contribution in [0.25, 0.3) is 0 Å². The Labute approximate surface area is 112 Å². The van der Waals surface area contributed by atoms with E-state index in [-0.39, 0.29) is 25.5 Å². The first-order valence-electron chi connectivity index (χ1n) is 6.04. The van der Waals surface area contributed by atoms with Gasteiger partial charge in [-0.2, -0.15) is 0 Å². The Bertz CT molecular complexity index is 376. The highest BCUT2D eigenvalue weighted by Crippen LogP contribution is 2.22. The molecule has 0 aromatic heterocycles. The quantitative estimate of drug-likeness (QED) is 0.647. The maximum atomic E-state index is 13.5. The van der Waals surface area contributed by atoms with E-state index >= 15 is 0 Å². The maximum absolute atomic E-state index is 13.5. The van der Waals surface area contributed by atoms with Crippen LogP contribution in [0, 0.1) is 5.82 Å². The smallest absolute Gasteiger partial charge is 0.165 e. The van der Waals surface area contributed by atoms with Gasteiger partial charge in [0, 0.05) is 19.2 Å². The van der Waals surface area contributed by atoms with Crippen LogP contribution >= 0.6 is 0 Å². The lowest BCUT2D eigenvalue weighted by molar-refractivity contribution is -0.00482. The summed E-state index contributed by atoms with van der Waals surface area (Å²) in [6, 6.07) is 4.53. The minimum atomic E-state index is -0.831. The molecular weight excluding hydrogens is 253 g/mol. The topological polar surface area (TPSA) is 73.9 Å². The molecule has 1 atom stereocenters. The normalized spacial score (nSPS) is 12.4. The number of hydrogen-bond donors (Lipinski definition) is 2. The summed E-state index contributed by atoms with van der Waals surface area (Å²) >= 11 is 0. The van der Waals surface area contributed by atoms with Crippen molar-refractivity contribution < 1.29 is 23.7 Å². The molecule has 1 aromatic rings. The third kappa shape index (κ3) is 5.52. The van der Waals surface area contributed by atoms with Crippen LogP contribution in [0.15, 0.2) is 18.2 Å². The van der Waals surface area contributed by atoms with Crippen molar-refractivity contribution in [3.8, 4) is 5.75 Å². The first-order valence-corrected chi connectivity index (χ1v) is 6.04. The molecule has 1 unspecified atom stereocenters. The van der Waals surface area contributed by atoms with Crippen LogP contribution in [0.4, 0.5) is 4.39 Å². The van der Waals surface area contributed by atoms with Crippen molar-refractivity contribution in [2.24, 2.45) is 5.73 Å². The molecule has 0 saturated heterocycles. The van der Waals surface area contributed by atoms with Crippen molar-refractivity contribution in [2.75, 3.05) is 33.5 Å². The van der Waals surface area contributed by atoms with Gasteiger partial charge in [-0.15, -0.1) is 0 Å². The number of hydrogen-bond acceptors (Lipinski definition) is 5. The van der Waals surface area contributed by atoms with Gasteiger partial charge in [-0.25, -0.2) is 4.39 Å². The molecule has 0 aliphatic carbocycles. The minimum Gasteiger partial charge on any atom is -0.487 e. The molecule has 0 aliphatic rings. The molecule has 0 fully saturated rings. The molecule has 0 amide bonds. The van der Waals surface area contributed by atoms with Crippen LogP contribution in [-0.4, -0.2) is 44.7 Å². The average molecular weight is 273 g/mol. The second-order valence-corrected chi connectivity index (χ2v) is 3.96. The number of benzene rings is 1. The molecule has 19 heavy (non-hydrogen) atoms. The molecule has 1 rings (SSSR count). The van der Waals surface area contributed by atoms with Gasteiger partial charge in [-0.05, 0) is 6.07 Å². The summed E-state index contributed by atoms with van der Waals surface area (Å²) in [5.74, 6) is -0.406. The molecule has 0 spiro atoms. The second kappa shape index (κ2) is 8.82. The van der Waals surface area contributed by atoms with E-state index in [9.17, 15) is 9.50 Å². The van der Waals surface area contributed by atoms with Crippen LogP contribution in [0.2, 0.25) is 0 Å². The largest absolute Gasteiger partial charge is 0.487 e. The highest BCUT2D eigenvalue weighted by molar-refractivity contribution is 5.34. The number of para-hydroxylation sites is 1. The maximum Gasteiger partial charge on any atom is 0.165 e. The van der Waals surface area contributed by atoms with E-state index in [0.29, 0.717) is 18.8 Å². The lowest BCUT2D eigenvalue weighted by Gasteiger charge is -2.15. The fraction of sp³-hybridized carbons (Fsp3) is 0.538. The number of methoxy groups -OCH3 is 1. The van der Waals surface area contributed by atoms with E-state index in [1.165, 1.54) is 6.07 Å². The Morgan fingerprint density at radius 3 is 2.79 bits per heavy atom. The molecule has 0 saturated carbocycles. The molecule has 108 valence electrons. The Kier molecular flexibility index (Phi) is 7.35. The van der Waals surface area contributed by atoms with Crippen molar-refractivity contribution in [2.45, 2.75) is 12.6 Å². The van der Waals surface area contributed by atoms with Gasteiger partial charge >= 0.3 is 0 Å². The van der Waals surface area contributed by atoms with Crippen molar-refractivity contribution in [1.29, 1.82) is 0 Å². The number of rotatable bonds is 9. The van der Waals surface area contributed by atoms with E-state index in [2.05, 4.69) is 0 Å². The summed E-state index contributed by atoms with van der Waals surface area (Å²) in [5, 5.41) is 9.62. The molecule has 0 aliphatic heterocycles. The summed E-state index contributed by atoms with van der Waals surface area (Å²) < 4.78 is 28.7. The number of halogens is 1. The Balaban J connectivity index is 2.39. The predicted octanol–water partition coefficient (Wildman–Crippen LogP) is 0.687. The van der Waals surface area contributed by atoms with Gasteiger partial charge < -0.3 is 25.1 Å². The lowest BCUT2D eigenvalue weighted by atomic mass is 10.2. The Morgan fingerprint density at radius 2 is 2.11 bits per heavy atom. The van der Waals surface area contributed by atoms with Crippen molar-refractivity contribution >= 4 is 0 Å². The number of aliphatic hydroxyl groups is 1. The van der Waals surface area contributed by atoms with E-state index in [1.807, 2.05) is 0 Å². The van der Waals surface area contributed by atoms with Crippen LogP contribution in [-0.2, 0) is 16.0 Å². The summed E-state index contributed by atoms with van der Waals surface area (Å²) in [6.45, 7) is 1.07. The van der Waals surface area contributed by atoms with Crippen LogP contribution < -0.4 is 10.5 Å². The molecule has 0 bridgehead atoms. The first-order chi connectivity index (χ1) is 9.19. The van der Waals surface area contributed by atoms with Crippen LogP contribution in [0.1, 0.15) is 5.56 Å². The SMILES string of the molecule is COCCOCC(O)COc1c(F)cccc1CN. The highest BCUT2D eigenvalue weighted by atomic mass is 19.1. The zero-order valence-electron chi connectivity index (χ0n) is 11.0. The summed E-state index contributed by atoms with van der Waals surface area (Å²) in [6.07, 6.45) is -0.831. The van der Waals surface area contributed by atoms with E-state index in [0.717, 1.165) is 0 Å². The van der Waals surface area contributed by atoms with Crippen molar-refractivity contribution in [3.63, 3.8) is 0 Å². The summed E-state index contributed by atoms with van der Waals surface area (Å²) in [4.78, 5) is 0. The molecule has 0 radical (unpaired) electrons. The monoisotopic (exact) mass is 273 g/mol. The third-order valence-corrected chi connectivity index (χ3v) is 2.43. The average Bonchev–Trinajstić information content (AvgIpc) is 2.42. The molecular formula is C13H20FNO4. The van der Waals surface area contributed by atoms with Gasteiger partial charge in [0.25, 0.3) is 0 Å². The number of nitrogens with two attached hydrogens (primary N) is 1. The predicted molar refractivity (Wildman–Crippen MR) is 68.5 cm³/mol. The van der Waals surface area contributed by atoms with Gasteiger partial charge in [-0.1, -0.05) is 12.1 Å². The van der Waals surface area contributed by atoms with Gasteiger partial charge in [0.05, 0.1) is 19.8 Å². The molecule has 1 aromatic carbocycles. The Morgan fingerprint density at radius 1 is 1.32 bits per heavy atom. The van der Waals surface area contributed by atoms with Gasteiger partial charge in [-0.3, -0.25) is 0 Å². The standard InChI is InChI=1S/C13H20FNO4/c1-17-5-6-18-8-11(16)9-19-13-10(7-15)3-2-4-12(13)14/h2-4,11,16H,5-9,15H2,1H3. The highest BCUT2D eigenvalue weighted by Gasteiger charge is 2.11. The molecule has 5 nitrogen and oxygen atoms in total. The van der Waals surface area contributed by atoms with Gasteiger partial charge in [0.2, 0.25) is 0 Å². The van der Waals surface area contributed by atoms with E-state index in [4.69, 9.17) is 19.9 Å². The number of aliphatic hydroxyl groups excluding tert-OH is 1. The van der Waals surface area contributed by atoms with Crippen molar-refractivity contribution in [1.82, 2.24) is 0 Å². The fourth-order valence-electron chi connectivity index (χ4n) is 1.47. The first kappa shape index (κ1) is 15.8. The van der Waals surface area contributed by atoms with E-state index < -0.39 is 11.9 Å². The van der Waals surface area contributed by atoms with E-state index in [1.54, 1.807) is 19.2 Å². The molecule has 0 heterocycles. The minimum absolute atomic E-state index is 0.0546. The molecule has 6 heteroatoms. The zero-order chi connectivity index (χ0) is 14.1. The van der Waals surface area contributed by atoms with Crippen LogP contribution in [0.3, 0.4) is 0 Å².